The zero-order valence-electron chi connectivity index (χ0n) is 21.9. The Hall–Kier alpha value is -2.09. The van der Waals surface area contributed by atoms with Gasteiger partial charge in [-0.2, -0.15) is 0 Å². The van der Waals surface area contributed by atoms with Crippen LogP contribution >= 0.6 is 0 Å². The lowest BCUT2D eigenvalue weighted by Gasteiger charge is -2.27. The quantitative estimate of drug-likeness (QED) is 0.486. The van der Waals surface area contributed by atoms with Crippen molar-refractivity contribution in [2.75, 3.05) is 0 Å². The van der Waals surface area contributed by atoms with Crippen LogP contribution < -0.4 is 0 Å². The van der Waals surface area contributed by atoms with Crippen molar-refractivity contribution in [2.45, 2.75) is 105 Å². The summed E-state index contributed by atoms with van der Waals surface area (Å²) in [5.41, 5.74) is 6.47. The Morgan fingerprint density at radius 2 is 1.00 bits per heavy atom. The third-order valence-electron chi connectivity index (χ3n) is 5.82. The fraction of sp³-hybridized carbons (Fsp3) is 0.552. The number of aliphatic imine (C=N–C) groups is 1. The van der Waals surface area contributed by atoms with Crippen LogP contribution in [0.2, 0.25) is 0 Å². The maximum atomic E-state index is 11.0. The molecule has 2 heteroatoms. The van der Waals surface area contributed by atoms with E-state index in [1.54, 1.807) is 0 Å². The second kappa shape index (κ2) is 8.11. The van der Waals surface area contributed by atoms with Gasteiger partial charge in [0.15, 0.2) is 0 Å². The number of benzene rings is 2. The van der Waals surface area contributed by atoms with Gasteiger partial charge in [0.1, 0.15) is 5.75 Å². The smallest absolute Gasteiger partial charge is 0.124 e. The van der Waals surface area contributed by atoms with Crippen molar-refractivity contribution in [1.82, 2.24) is 0 Å². The fourth-order valence-electron chi connectivity index (χ4n) is 3.52. The molecular formula is C29H43NO. The van der Waals surface area contributed by atoms with Gasteiger partial charge >= 0.3 is 0 Å². The highest BCUT2D eigenvalue weighted by atomic mass is 16.3. The summed E-state index contributed by atoms with van der Waals surface area (Å²) in [5.74, 6) is 0.295. The molecule has 2 aromatic rings. The number of aromatic hydroxyl groups is 1. The first-order valence-corrected chi connectivity index (χ1v) is 11.4. The Bertz CT molecular complexity index is 936. The molecule has 0 saturated carbocycles. The molecule has 0 amide bonds. The van der Waals surface area contributed by atoms with Gasteiger partial charge in [-0.3, -0.25) is 4.99 Å². The van der Waals surface area contributed by atoms with Gasteiger partial charge in [-0.25, -0.2) is 0 Å². The highest BCUT2D eigenvalue weighted by molar-refractivity contribution is 5.88. The Morgan fingerprint density at radius 1 is 0.581 bits per heavy atom. The largest absolute Gasteiger partial charge is 0.507 e. The van der Waals surface area contributed by atoms with Crippen molar-refractivity contribution in [3.63, 3.8) is 0 Å². The van der Waals surface area contributed by atoms with Crippen molar-refractivity contribution in [2.24, 2.45) is 4.99 Å². The topological polar surface area (TPSA) is 32.6 Å². The van der Waals surface area contributed by atoms with E-state index in [-0.39, 0.29) is 21.7 Å². The molecular weight excluding hydrogens is 378 g/mol. The molecule has 0 aromatic heterocycles. The van der Waals surface area contributed by atoms with Crippen molar-refractivity contribution in [3.05, 3.63) is 58.1 Å². The van der Waals surface area contributed by atoms with Crippen molar-refractivity contribution >= 4 is 11.9 Å². The van der Waals surface area contributed by atoms with Crippen molar-refractivity contribution in [1.29, 1.82) is 0 Å². The summed E-state index contributed by atoms with van der Waals surface area (Å²) in [6.07, 6.45) is 1.84. The highest BCUT2D eigenvalue weighted by Gasteiger charge is 2.25. The van der Waals surface area contributed by atoms with E-state index in [4.69, 9.17) is 4.99 Å². The van der Waals surface area contributed by atoms with Gasteiger partial charge in [0, 0.05) is 11.8 Å². The molecule has 0 aliphatic rings. The Morgan fingerprint density at radius 3 is 1.39 bits per heavy atom. The Balaban J connectivity index is 2.67. The SMILES string of the molecule is CC(C)(C)c1cc(N=Cc2c(O)cc(C(C)(C)C)cc2C(C)(C)C)cc(C(C)(C)C)c1. The molecule has 0 aliphatic heterocycles. The number of phenols is 1. The molecule has 31 heavy (non-hydrogen) atoms. The predicted octanol–water partition coefficient (Wildman–Crippen LogP) is 8.33. The van der Waals surface area contributed by atoms with Gasteiger partial charge in [0.05, 0.1) is 5.69 Å². The summed E-state index contributed by atoms with van der Waals surface area (Å²) < 4.78 is 0. The lowest BCUT2D eigenvalue weighted by atomic mass is 9.78. The summed E-state index contributed by atoms with van der Waals surface area (Å²) in [6, 6.07) is 10.8. The zero-order valence-corrected chi connectivity index (χ0v) is 21.9. The van der Waals surface area contributed by atoms with E-state index in [0.29, 0.717) is 5.75 Å². The molecule has 2 aromatic carbocycles. The number of nitrogens with zero attached hydrogens (tertiary/aromatic N) is 1. The van der Waals surface area contributed by atoms with E-state index in [2.05, 4.69) is 107 Å². The molecule has 0 unspecified atom stereocenters. The first-order valence-electron chi connectivity index (χ1n) is 11.4. The minimum Gasteiger partial charge on any atom is -0.507 e. The van der Waals surface area contributed by atoms with Gasteiger partial charge < -0.3 is 5.11 Å². The van der Waals surface area contributed by atoms with E-state index in [9.17, 15) is 5.11 Å². The average Bonchev–Trinajstić information content (AvgIpc) is 2.56. The van der Waals surface area contributed by atoms with Crippen LogP contribution in [0.3, 0.4) is 0 Å². The van der Waals surface area contributed by atoms with Gasteiger partial charge in [-0.15, -0.1) is 0 Å². The second-order valence-electron chi connectivity index (χ2n) is 13.0. The van der Waals surface area contributed by atoms with Crippen LogP contribution in [-0.2, 0) is 21.7 Å². The monoisotopic (exact) mass is 421 g/mol. The maximum absolute atomic E-state index is 11.0. The van der Waals surface area contributed by atoms with E-state index in [1.807, 2.05) is 12.3 Å². The number of phenolic OH excluding ortho intramolecular Hbond substituents is 1. The highest BCUT2D eigenvalue weighted by Crippen LogP contribution is 2.37. The number of rotatable bonds is 2. The molecule has 0 bridgehead atoms. The molecule has 0 fully saturated rings. The zero-order chi connectivity index (χ0) is 24.0. The van der Waals surface area contributed by atoms with E-state index in [1.165, 1.54) is 11.1 Å². The summed E-state index contributed by atoms with van der Waals surface area (Å²) in [7, 11) is 0. The molecule has 0 heterocycles. The lowest BCUT2D eigenvalue weighted by Crippen LogP contribution is -2.18. The molecule has 0 saturated heterocycles. The van der Waals surface area contributed by atoms with Gasteiger partial charge in [0.25, 0.3) is 0 Å². The average molecular weight is 422 g/mol. The first-order chi connectivity index (χ1) is 13.8. The third kappa shape index (κ3) is 6.21. The minimum atomic E-state index is -0.107. The standard InChI is InChI=1S/C29H43NO/c1-26(2,3)19-13-20(27(4,5)6)15-22(14-19)30-18-23-24(29(10,11)12)16-21(17-25(23)31)28(7,8)9/h13-18,31H,1-12H3. The van der Waals surface area contributed by atoms with Crippen LogP contribution in [0.25, 0.3) is 0 Å². The van der Waals surface area contributed by atoms with Crippen molar-refractivity contribution in [3.8, 4) is 5.75 Å². The molecule has 170 valence electrons. The number of hydrogen-bond donors (Lipinski definition) is 1. The summed E-state index contributed by atoms with van der Waals surface area (Å²) in [5, 5.41) is 11.0. The normalized spacial score (nSPS) is 13.8. The molecule has 0 spiro atoms. The molecule has 0 aliphatic carbocycles. The molecule has 2 nitrogen and oxygen atoms in total. The predicted molar refractivity (Wildman–Crippen MR) is 137 cm³/mol. The maximum Gasteiger partial charge on any atom is 0.124 e. The molecule has 1 N–H and O–H groups in total. The van der Waals surface area contributed by atoms with E-state index < -0.39 is 0 Å². The van der Waals surface area contributed by atoms with Gasteiger partial charge in [-0.1, -0.05) is 95.2 Å². The molecule has 0 atom stereocenters. The Kier molecular flexibility index (Phi) is 6.59. The minimum absolute atomic E-state index is 0.0319. The first kappa shape index (κ1) is 25.2. The second-order valence-corrected chi connectivity index (χ2v) is 13.0. The van der Waals surface area contributed by atoms with Crippen LogP contribution in [-0.4, -0.2) is 11.3 Å². The van der Waals surface area contributed by atoms with Crippen LogP contribution in [0.5, 0.6) is 5.75 Å². The van der Waals surface area contributed by atoms with Crippen LogP contribution in [0.4, 0.5) is 5.69 Å². The molecule has 0 radical (unpaired) electrons. The van der Waals surface area contributed by atoms with Crippen molar-refractivity contribution < 1.29 is 5.11 Å². The fourth-order valence-corrected chi connectivity index (χ4v) is 3.52. The summed E-state index contributed by atoms with van der Waals surface area (Å²) in [4.78, 5) is 4.87. The van der Waals surface area contributed by atoms with Gasteiger partial charge in [-0.05, 0) is 62.1 Å². The number of hydrogen-bond acceptors (Lipinski definition) is 2. The Labute approximate surface area is 190 Å². The van der Waals surface area contributed by atoms with Crippen LogP contribution in [0, 0.1) is 0 Å². The molecule has 2 rings (SSSR count). The third-order valence-corrected chi connectivity index (χ3v) is 5.82. The van der Waals surface area contributed by atoms with Crippen LogP contribution in [0.15, 0.2) is 35.3 Å². The van der Waals surface area contributed by atoms with Crippen LogP contribution in [0.1, 0.15) is 111 Å². The van der Waals surface area contributed by atoms with E-state index in [0.717, 1.165) is 22.4 Å². The summed E-state index contributed by atoms with van der Waals surface area (Å²) in [6.45, 7) is 26.5. The van der Waals surface area contributed by atoms with E-state index >= 15 is 0 Å². The summed E-state index contributed by atoms with van der Waals surface area (Å²) >= 11 is 0. The lowest BCUT2D eigenvalue weighted by molar-refractivity contribution is 0.464. The van der Waals surface area contributed by atoms with Gasteiger partial charge in [0.2, 0.25) is 0 Å².